The third-order valence-corrected chi connectivity index (χ3v) is 5.83. The molecular formula is C20H24NO4+. The Labute approximate surface area is 147 Å². The number of hydrogen-bond acceptors (Lipinski definition) is 4. The predicted octanol–water partition coefficient (Wildman–Crippen LogP) is 3.01. The van der Waals surface area contributed by atoms with E-state index in [9.17, 15) is 10.2 Å². The van der Waals surface area contributed by atoms with Crippen LogP contribution in [0.1, 0.15) is 22.7 Å². The summed E-state index contributed by atoms with van der Waals surface area (Å²) in [5.74, 6) is 1.09. The lowest BCUT2D eigenvalue weighted by molar-refractivity contribution is -0.923. The van der Waals surface area contributed by atoms with Crippen molar-refractivity contribution in [2.45, 2.75) is 18.9 Å². The van der Waals surface area contributed by atoms with Crippen LogP contribution in [0.5, 0.6) is 23.0 Å². The molecule has 0 fully saturated rings. The Kier molecular flexibility index (Phi) is 3.41. The number of nitrogens with zero attached hydrogens (tertiary/aromatic N) is 1. The largest absolute Gasteiger partial charge is 0.504 e. The van der Waals surface area contributed by atoms with Crippen LogP contribution in [0.25, 0.3) is 11.1 Å². The Hall–Kier alpha value is -2.40. The summed E-state index contributed by atoms with van der Waals surface area (Å²) >= 11 is 0. The van der Waals surface area contributed by atoms with E-state index in [4.69, 9.17) is 9.47 Å². The molecule has 25 heavy (non-hydrogen) atoms. The molecule has 1 aliphatic heterocycles. The predicted molar refractivity (Wildman–Crippen MR) is 95.4 cm³/mol. The normalized spacial score (nSPS) is 19.8. The van der Waals surface area contributed by atoms with Crippen molar-refractivity contribution in [2.75, 3.05) is 34.9 Å². The fraction of sp³-hybridized carbons (Fsp3) is 0.400. The van der Waals surface area contributed by atoms with Gasteiger partial charge >= 0.3 is 0 Å². The highest BCUT2D eigenvalue weighted by atomic mass is 16.5. The van der Waals surface area contributed by atoms with Crippen molar-refractivity contribution in [2.24, 2.45) is 0 Å². The molecule has 0 bridgehead atoms. The Morgan fingerprint density at radius 3 is 2.48 bits per heavy atom. The Balaban J connectivity index is 2.12. The van der Waals surface area contributed by atoms with E-state index in [2.05, 4.69) is 14.1 Å². The molecule has 2 N–H and O–H groups in total. The van der Waals surface area contributed by atoms with Crippen molar-refractivity contribution >= 4 is 0 Å². The van der Waals surface area contributed by atoms with Gasteiger partial charge in [0.05, 0.1) is 34.9 Å². The first kappa shape index (κ1) is 16.1. The van der Waals surface area contributed by atoms with Crippen molar-refractivity contribution in [3.05, 3.63) is 34.9 Å². The quantitative estimate of drug-likeness (QED) is 0.824. The highest BCUT2D eigenvalue weighted by Gasteiger charge is 2.44. The van der Waals surface area contributed by atoms with E-state index in [0.717, 1.165) is 46.1 Å². The molecule has 1 heterocycles. The van der Waals surface area contributed by atoms with Crippen LogP contribution in [0.3, 0.4) is 0 Å². The fourth-order valence-electron chi connectivity index (χ4n) is 4.46. The SMILES string of the molecule is COc1ccc2c(c1O)-c1c(OC)c(O)cc3c1[C@H](C2)[N+](C)(C)CC3. The molecule has 0 saturated heterocycles. The van der Waals surface area contributed by atoms with Gasteiger partial charge in [-0.1, -0.05) is 6.07 Å². The molecule has 2 aliphatic rings. The molecule has 2 aromatic rings. The molecule has 0 saturated carbocycles. The second kappa shape index (κ2) is 5.30. The monoisotopic (exact) mass is 342 g/mol. The Morgan fingerprint density at radius 1 is 1.04 bits per heavy atom. The van der Waals surface area contributed by atoms with E-state index in [1.54, 1.807) is 20.3 Å². The molecule has 4 rings (SSSR count). The van der Waals surface area contributed by atoms with Crippen LogP contribution in [0.15, 0.2) is 18.2 Å². The van der Waals surface area contributed by atoms with Crippen molar-refractivity contribution in [1.82, 2.24) is 0 Å². The Bertz CT molecular complexity index is 873. The molecule has 5 nitrogen and oxygen atoms in total. The number of benzene rings is 2. The minimum Gasteiger partial charge on any atom is -0.504 e. The maximum absolute atomic E-state index is 10.8. The number of hydrogen-bond donors (Lipinski definition) is 2. The molecular weight excluding hydrogens is 318 g/mol. The second-order valence-electron chi connectivity index (χ2n) is 7.50. The highest BCUT2D eigenvalue weighted by molar-refractivity contribution is 5.88. The van der Waals surface area contributed by atoms with Crippen molar-refractivity contribution in [1.29, 1.82) is 0 Å². The number of fused-ring (bicyclic) bond motifs is 2. The van der Waals surface area contributed by atoms with Crippen molar-refractivity contribution in [3.8, 4) is 34.1 Å². The average molecular weight is 342 g/mol. The molecule has 0 unspecified atom stereocenters. The zero-order chi connectivity index (χ0) is 17.9. The number of phenolic OH excluding ortho intramolecular Hbond substituents is 2. The summed E-state index contributed by atoms with van der Waals surface area (Å²) in [4.78, 5) is 0. The molecule has 0 aromatic heterocycles. The summed E-state index contributed by atoms with van der Waals surface area (Å²) in [6, 6.07) is 5.91. The number of ether oxygens (including phenoxy) is 2. The van der Waals surface area contributed by atoms with Crippen LogP contribution in [0.2, 0.25) is 0 Å². The van der Waals surface area contributed by atoms with Crippen LogP contribution in [-0.2, 0) is 12.8 Å². The summed E-state index contributed by atoms with van der Waals surface area (Å²) in [7, 11) is 7.58. The first-order chi connectivity index (χ1) is 11.9. The topological polar surface area (TPSA) is 58.9 Å². The van der Waals surface area contributed by atoms with Gasteiger partial charge in [0.25, 0.3) is 0 Å². The summed E-state index contributed by atoms with van der Waals surface area (Å²) in [6.45, 7) is 1.01. The van der Waals surface area contributed by atoms with Crippen LogP contribution in [0.4, 0.5) is 0 Å². The van der Waals surface area contributed by atoms with E-state index >= 15 is 0 Å². The van der Waals surface area contributed by atoms with Crippen LogP contribution >= 0.6 is 0 Å². The molecule has 1 aliphatic carbocycles. The number of quaternary nitrogens is 1. The van der Waals surface area contributed by atoms with Gasteiger partial charge in [-0.25, -0.2) is 0 Å². The zero-order valence-electron chi connectivity index (χ0n) is 15.1. The minimum atomic E-state index is 0.112. The molecule has 0 radical (unpaired) electrons. The third kappa shape index (κ3) is 2.12. The van der Waals surface area contributed by atoms with Crippen molar-refractivity contribution in [3.63, 3.8) is 0 Å². The first-order valence-electron chi connectivity index (χ1n) is 8.53. The standard InChI is InChI=1S/C20H23NO4/c1-21(2)8-7-12-10-14(22)20(25-4)18-16(12)13(21)9-11-5-6-15(24-3)19(23)17(11)18/h5-6,10,13H,7-9H2,1-4H3,(H-,22,23)/p+1/t13-/m0/s1. The van der Waals surface area contributed by atoms with Gasteiger partial charge in [0.2, 0.25) is 0 Å². The van der Waals surface area contributed by atoms with Gasteiger partial charge in [0.1, 0.15) is 6.04 Å². The van der Waals surface area contributed by atoms with Gasteiger partial charge in [-0.2, -0.15) is 0 Å². The van der Waals surface area contributed by atoms with Gasteiger partial charge in [0, 0.05) is 29.5 Å². The summed E-state index contributed by atoms with van der Waals surface area (Å²) in [5.41, 5.74) is 4.91. The Morgan fingerprint density at radius 2 is 1.80 bits per heavy atom. The third-order valence-electron chi connectivity index (χ3n) is 5.83. The molecule has 0 amide bonds. The fourth-order valence-corrected chi connectivity index (χ4v) is 4.46. The summed E-state index contributed by atoms with van der Waals surface area (Å²) < 4.78 is 11.7. The lowest BCUT2D eigenvalue weighted by atomic mass is 9.75. The van der Waals surface area contributed by atoms with E-state index in [0.29, 0.717) is 11.5 Å². The van der Waals surface area contributed by atoms with Crippen LogP contribution in [0, 0.1) is 0 Å². The molecule has 1 atom stereocenters. The van der Waals surface area contributed by atoms with E-state index in [1.165, 1.54) is 5.56 Å². The van der Waals surface area contributed by atoms with Gasteiger partial charge in [-0.3, -0.25) is 0 Å². The highest BCUT2D eigenvalue weighted by Crippen LogP contribution is 2.56. The van der Waals surface area contributed by atoms with E-state index in [1.807, 2.05) is 12.1 Å². The minimum absolute atomic E-state index is 0.112. The van der Waals surface area contributed by atoms with Crippen LogP contribution in [-0.4, -0.2) is 49.6 Å². The maximum atomic E-state index is 10.8. The molecule has 2 aromatic carbocycles. The van der Waals surface area contributed by atoms with Crippen molar-refractivity contribution < 1.29 is 24.2 Å². The summed E-state index contributed by atoms with van der Waals surface area (Å²) in [5, 5.41) is 21.3. The number of methoxy groups -OCH3 is 2. The molecule has 132 valence electrons. The lowest BCUT2D eigenvalue weighted by Crippen LogP contribution is -2.49. The average Bonchev–Trinajstić information content (AvgIpc) is 2.58. The van der Waals surface area contributed by atoms with E-state index < -0.39 is 0 Å². The number of likely N-dealkylation sites (N-methyl/N-ethyl adjacent to an activating group) is 1. The number of aromatic hydroxyl groups is 2. The number of phenols is 2. The second-order valence-corrected chi connectivity index (χ2v) is 7.50. The van der Waals surface area contributed by atoms with Gasteiger partial charge in [0.15, 0.2) is 23.0 Å². The smallest absolute Gasteiger partial charge is 0.168 e. The van der Waals surface area contributed by atoms with Gasteiger partial charge in [-0.05, 0) is 23.3 Å². The molecule has 5 heteroatoms. The van der Waals surface area contributed by atoms with Crippen LogP contribution < -0.4 is 9.47 Å². The lowest BCUT2D eigenvalue weighted by Gasteiger charge is -2.46. The van der Waals surface area contributed by atoms with Gasteiger partial charge in [-0.15, -0.1) is 0 Å². The van der Waals surface area contributed by atoms with Gasteiger partial charge < -0.3 is 24.2 Å². The first-order valence-corrected chi connectivity index (χ1v) is 8.53. The number of rotatable bonds is 2. The summed E-state index contributed by atoms with van der Waals surface area (Å²) in [6.07, 6.45) is 1.73. The zero-order valence-corrected chi connectivity index (χ0v) is 15.1. The maximum Gasteiger partial charge on any atom is 0.168 e. The molecule has 0 spiro atoms. The van der Waals surface area contributed by atoms with E-state index in [-0.39, 0.29) is 17.5 Å².